The first kappa shape index (κ1) is 11.9. The number of carbonyl (C=O) groups excluding carboxylic acids is 1. The third-order valence-electron chi connectivity index (χ3n) is 4.22. The Morgan fingerprint density at radius 2 is 2.12 bits per heavy atom. The smallest absolute Gasteiger partial charge is 0.309 e. The van der Waals surface area contributed by atoms with Crippen molar-refractivity contribution in [1.29, 1.82) is 0 Å². The molecule has 0 aromatic heterocycles. The van der Waals surface area contributed by atoms with E-state index in [0.717, 1.165) is 19.3 Å². The number of fused-ring (bicyclic) bond motifs is 1. The van der Waals surface area contributed by atoms with E-state index in [4.69, 9.17) is 9.47 Å². The second-order valence-corrected chi connectivity index (χ2v) is 5.11. The van der Waals surface area contributed by atoms with Crippen molar-refractivity contribution in [3.8, 4) is 0 Å². The van der Waals surface area contributed by atoms with Gasteiger partial charge in [0.25, 0.3) is 0 Å². The van der Waals surface area contributed by atoms with Crippen molar-refractivity contribution in [3.05, 3.63) is 0 Å². The summed E-state index contributed by atoms with van der Waals surface area (Å²) in [5, 5.41) is 0. The van der Waals surface area contributed by atoms with Crippen LogP contribution < -0.4 is 0 Å². The van der Waals surface area contributed by atoms with Gasteiger partial charge in [-0.2, -0.15) is 0 Å². The molecule has 2 fully saturated rings. The molecule has 5 atom stereocenters. The van der Waals surface area contributed by atoms with Crippen molar-refractivity contribution >= 4 is 5.97 Å². The highest BCUT2D eigenvalue weighted by molar-refractivity contribution is 5.73. The van der Waals surface area contributed by atoms with Gasteiger partial charge in [-0.15, -0.1) is 0 Å². The molecule has 1 saturated carbocycles. The summed E-state index contributed by atoms with van der Waals surface area (Å²) in [6, 6.07) is 0. The Labute approximate surface area is 97.5 Å². The normalized spacial score (nSPS) is 42.8. The fourth-order valence-corrected chi connectivity index (χ4v) is 3.28. The van der Waals surface area contributed by atoms with E-state index >= 15 is 0 Å². The van der Waals surface area contributed by atoms with Crippen LogP contribution in [0.5, 0.6) is 0 Å². The van der Waals surface area contributed by atoms with E-state index in [-0.39, 0.29) is 24.1 Å². The summed E-state index contributed by atoms with van der Waals surface area (Å²) >= 11 is 0. The van der Waals surface area contributed by atoms with E-state index in [1.807, 2.05) is 6.92 Å². The zero-order valence-corrected chi connectivity index (χ0v) is 10.4. The molecule has 1 aliphatic carbocycles. The molecule has 0 amide bonds. The number of carbonyl (C=O) groups is 1. The minimum absolute atomic E-state index is 0.0123. The topological polar surface area (TPSA) is 35.5 Å². The summed E-state index contributed by atoms with van der Waals surface area (Å²) in [4.78, 5) is 11.9. The molecule has 2 rings (SSSR count). The van der Waals surface area contributed by atoms with E-state index in [1.165, 1.54) is 0 Å². The van der Waals surface area contributed by atoms with Crippen molar-refractivity contribution in [2.24, 2.45) is 17.8 Å². The molecule has 3 heteroatoms. The van der Waals surface area contributed by atoms with E-state index in [0.29, 0.717) is 18.4 Å². The maximum atomic E-state index is 11.9. The molecule has 0 aromatic carbocycles. The highest BCUT2D eigenvalue weighted by Gasteiger charge is 2.48. The second kappa shape index (κ2) is 4.74. The molecule has 0 N–H and O–H groups in total. The molecule has 1 saturated heterocycles. The van der Waals surface area contributed by atoms with Crippen LogP contribution in [0.4, 0.5) is 0 Å². The molecule has 92 valence electrons. The number of ether oxygens (including phenoxy) is 2. The summed E-state index contributed by atoms with van der Waals surface area (Å²) in [5.41, 5.74) is 0. The highest BCUT2D eigenvalue weighted by atomic mass is 16.5. The zero-order chi connectivity index (χ0) is 11.7. The van der Waals surface area contributed by atoms with Crippen molar-refractivity contribution in [1.82, 2.24) is 0 Å². The molecule has 0 radical (unpaired) electrons. The van der Waals surface area contributed by atoms with Gasteiger partial charge in [-0.05, 0) is 39.0 Å². The van der Waals surface area contributed by atoms with Crippen LogP contribution in [0.3, 0.4) is 0 Å². The van der Waals surface area contributed by atoms with Gasteiger partial charge in [0.15, 0.2) is 0 Å². The zero-order valence-electron chi connectivity index (χ0n) is 10.4. The van der Waals surface area contributed by atoms with Crippen molar-refractivity contribution < 1.29 is 14.3 Å². The molecule has 0 bridgehead atoms. The Morgan fingerprint density at radius 3 is 2.81 bits per heavy atom. The third-order valence-corrected chi connectivity index (χ3v) is 4.22. The molecule has 0 aromatic rings. The van der Waals surface area contributed by atoms with Crippen molar-refractivity contribution in [2.45, 2.75) is 52.2 Å². The van der Waals surface area contributed by atoms with Gasteiger partial charge < -0.3 is 9.47 Å². The van der Waals surface area contributed by atoms with Gasteiger partial charge in [-0.1, -0.05) is 6.92 Å². The largest absolute Gasteiger partial charge is 0.466 e. The molecule has 2 aliphatic rings. The first-order chi connectivity index (χ1) is 7.65. The van der Waals surface area contributed by atoms with E-state index in [2.05, 4.69) is 13.8 Å². The average molecular weight is 226 g/mol. The second-order valence-electron chi connectivity index (χ2n) is 5.11. The molecule has 1 aliphatic heterocycles. The average Bonchev–Trinajstić information content (AvgIpc) is 2.55. The maximum Gasteiger partial charge on any atom is 0.309 e. The first-order valence-corrected chi connectivity index (χ1v) is 6.47. The molecule has 1 heterocycles. The maximum absolute atomic E-state index is 11.9. The number of hydrogen-bond donors (Lipinski definition) is 0. The van der Waals surface area contributed by atoms with Crippen molar-refractivity contribution in [3.63, 3.8) is 0 Å². The van der Waals surface area contributed by atoms with Gasteiger partial charge >= 0.3 is 5.97 Å². The predicted octanol–water partition coefficient (Wildman–Crippen LogP) is 2.39. The lowest BCUT2D eigenvalue weighted by atomic mass is 9.72. The Kier molecular flexibility index (Phi) is 3.53. The number of esters is 1. The lowest BCUT2D eigenvalue weighted by molar-refractivity contribution is -0.153. The van der Waals surface area contributed by atoms with E-state index in [9.17, 15) is 4.79 Å². The van der Waals surface area contributed by atoms with Crippen LogP contribution in [0.1, 0.15) is 40.0 Å². The monoisotopic (exact) mass is 226 g/mol. The van der Waals surface area contributed by atoms with Gasteiger partial charge in [-0.25, -0.2) is 0 Å². The van der Waals surface area contributed by atoms with Crippen molar-refractivity contribution in [2.75, 3.05) is 6.61 Å². The summed E-state index contributed by atoms with van der Waals surface area (Å²) in [7, 11) is 0. The molecule has 16 heavy (non-hydrogen) atoms. The van der Waals surface area contributed by atoms with Gasteiger partial charge in [0.1, 0.15) is 0 Å². The SMILES string of the molecule is CCOC(=O)[C@@H]1CCC[C@@H]2O[C@@H](C)[C@@H](C)[C@@H]21. The van der Waals surface area contributed by atoms with Crippen LogP contribution in [0.25, 0.3) is 0 Å². The summed E-state index contributed by atoms with van der Waals surface area (Å²) in [6.07, 6.45) is 3.73. The molecule has 0 unspecified atom stereocenters. The van der Waals surface area contributed by atoms with Crippen LogP contribution in [0, 0.1) is 17.8 Å². The predicted molar refractivity (Wildman–Crippen MR) is 61.0 cm³/mol. The fourth-order valence-electron chi connectivity index (χ4n) is 3.28. The minimum Gasteiger partial charge on any atom is -0.466 e. The molecule has 3 nitrogen and oxygen atoms in total. The standard InChI is InChI=1S/C13H22O3/c1-4-15-13(14)10-6-5-7-11-12(10)8(2)9(3)16-11/h8-12H,4-7H2,1-3H3/t8-,9+,10-,11+,12-/m1/s1. The lowest BCUT2D eigenvalue weighted by Crippen LogP contribution is -2.37. The van der Waals surface area contributed by atoms with E-state index in [1.54, 1.807) is 0 Å². The van der Waals surface area contributed by atoms with Crippen LogP contribution in [0.2, 0.25) is 0 Å². The summed E-state index contributed by atoms with van der Waals surface area (Å²) < 4.78 is 11.1. The lowest BCUT2D eigenvalue weighted by Gasteiger charge is -2.32. The van der Waals surface area contributed by atoms with Crippen LogP contribution in [-0.4, -0.2) is 24.8 Å². The number of rotatable bonds is 2. The summed E-state index contributed by atoms with van der Waals surface area (Å²) in [5.74, 6) is 0.905. The van der Waals surface area contributed by atoms with Crippen LogP contribution in [0.15, 0.2) is 0 Å². The third kappa shape index (κ3) is 1.97. The molecular weight excluding hydrogens is 204 g/mol. The van der Waals surface area contributed by atoms with Gasteiger partial charge in [0.05, 0.1) is 24.7 Å². The van der Waals surface area contributed by atoms with Gasteiger partial charge in [-0.3, -0.25) is 4.79 Å². The Balaban J connectivity index is 2.10. The molecule has 0 spiro atoms. The highest BCUT2D eigenvalue weighted by Crippen LogP contribution is 2.44. The quantitative estimate of drug-likeness (QED) is 0.678. The van der Waals surface area contributed by atoms with Crippen LogP contribution in [-0.2, 0) is 14.3 Å². The van der Waals surface area contributed by atoms with E-state index < -0.39 is 0 Å². The Hall–Kier alpha value is -0.570. The Morgan fingerprint density at radius 1 is 1.38 bits per heavy atom. The fraction of sp³-hybridized carbons (Fsp3) is 0.923. The van der Waals surface area contributed by atoms with Gasteiger partial charge in [0.2, 0.25) is 0 Å². The Bertz CT molecular complexity index is 264. The van der Waals surface area contributed by atoms with Gasteiger partial charge in [0, 0.05) is 5.92 Å². The first-order valence-electron chi connectivity index (χ1n) is 6.47. The van der Waals surface area contributed by atoms with Crippen LogP contribution >= 0.6 is 0 Å². The minimum atomic E-state index is -0.0123. The number of hydrogen-bond acceptors (Lipinski definition) is 3. The molecular formula is C13H22O3. The summed E-state index contributed by atoms with van der Waals surface area (Å²) in [6.45, 7) is 6.67.